The van der Waals surface area contributed by atoms with Crippen LogP contribution in [-0.4, -0.2) is 36.2 Å². The number of carboxylic acids is 1. The smallest absolute Gasteiger partial charge is 0.326 e. The second kappa shape index (κ2) is 8.77. The Morgan fingerprint density at radius 3 is 2.48 bits per heavy atom. The number of carbonyl (C=O) groups is 2. The van der Waals surface area contributed by atoms with Crippen molar-refractivity contribution in [2.45, 2.75) is 25.3 Å². The third kappa shape index (κ3) is 5.14. The molecule has 1 atom stereocenters. The van der Waals surface area contributed by atoms with E-state index in [0.717, 1.165) is 18.4 Å². The third-order valence-electron chi connectivity index (χ3n) is 4.20. The van der Waals surface area contributed by atoms with Gasteiger partial charge in [0.05, 0.1) is 23.8 Å². The van der Waals surface area contributed by atoms with Crippen molar-refractivity contribution in [1.29, 1.82) is 0 Å². The van der Waals surface area contributed by atoms with Gasteiger partial charge in [-0.1, -0.05) is 23.7 Å². The van der Waals surface area contributed by atoms with Gasteiger partial charge in [-0.05, 0) is 48.7 Å². The van der Waals surface area contributed by atoms with Crippen molar-refractivity contribution in [3.05, 3.63) is 58.6 Å². The van der Waals surface area contributed by atoms with E-state index in [1.165, 1.54) is 6.07 Å². The van der Waals surface area contributed by atoms with E-state index in [2.05, 4.69) is 5.32 Å². The summed E-state index contributed by atoms with van der Waals surface area (Å²) in [5, 5.41) is 12.3. The molecular weight excluding hydrogens is 370 g/mol. The van der Waals surface area contributed by atoms with Gasteiger partial charge in [-0.2, -0.15) is 0 Å². The van der Waals surface area contributed by atoms with E-state index in [-0.39, 0.29) is 17.0 Å². The van der Waals surface area contributed by atoms with Crippen LogP contribution in [0.25, 0.3) is 0 Å². The predicted octanol–water partition coefficient (Wildman–Crippen LogP) is 3.32. The van der Waals surface area contributed by atoms with Crippen molar-refractivity contribution in [3.63, 3.8) is 0 Å². The maximum Gasteiger partial charge on any atom is 0.326 e. The maximum atomic E-state index is 12.6. The Bertz CT molecular complexity index is 839. The number of hydrogen-bond donors (Lipinski definition) is 2. The number of amides is 1. The van der Waals surface area contributed by atoms with Crippen LogP contribution in [0.3, 0.4) is 0 Å². The molecule has 27 heavy (non-hydrogen) atoms. The normalized spacial score (nSPS) is 18.0. The summed E-state index contributed by atoms with van der Waals surface area (Å²) in [4.78, 5) is 24.2. The number of nitrogens with one attached hydrogen (secondary N) is 1. The highest BCUT2D eigenvalue weighted by Gasteiger charge is 2.23. The molecule has 1 heterocycles. The molecule has 142 valence electrons. The van der Waals surface area contributed by atoms with E-state index in [1.807, 2.05) is 6.07 Å². The van der Waals surface area contributed by atoms with Crippen LogP contribution in [0.5, 0.6) is 11.5 Å². The lowest BCUT2D eigenvalue weighted by Crippen LogP contribution is -2.42. The molecule has 0 fully saturated rings. The molecule has 3 rings (SSSR count). The van der Waals surface area contributed by atoms with Gasteiger partial charge in [-0.15, -0.1) is 0 Å². The van der Waals surface area contributed by atoms with Gasteiger partial charge in [-0.25, -0.2) is 4.79 Å². The van der Waals surface area contributed by atoms with Crippen molar-refractivity contribution in [2.24, 2.45) is 0 Å². The molecule has 0 saturated carbocycles. The van der Waals surface area contributed by atoms with Crippen molar-refractivity contribution >= 4 is 23.5 Å². The highest BCUT2D eigenvalue weighted by molar-refractivity contribution is 6.34. The van der Waals surface area contributed by atoms with Crippen molar-refractivity contribution in [1.82, 2.24) is 5.32 Å². The van der Waals surface area contributed by atoms with Crippen LogP contribution >= 0.6 is 11.6 Å². The number of carbonyl (C=O) groups excluding carboxylic acids is 1. The van der Waals surface area contributed by atoms with Crippen LogP contribution in [0, 0.1) is 0 Å². The average molecular weight is 390 g/mol. The van der Waals surface area contributed by atoms with Gasteiger partial charge < -0.3 is 19.9 Å². The molecule has 2 N–H and O–H groups in total. The van der Waals surface area contributed by atoms with Crippen LogP contribution in [0.4, 0.5) is 0 Å². The number of benzene rings is 2. The monoisotopic (exact) mass is 389 g/mol. The summed E-state index contributed by atoms with van der Waals surface area (Å²) in [5.41, 5.74) is 0.945. The Morgan fingerprint density at radius 2 is 1.78 bits per heavy atom. The van der Waals surface area contributed by atoms with Crippen LogP contribution in [-0.2, 0) is 11.2 Å². The van der Waals surface area contributed by atoms with Crippen LogP contribution < -0.4 is 14.8 Å². The fraction of sp³-hybridized carbons (Fsp3) is 0.300. The molecule has 7 heteroatoms. The number of halogens is 1. The van der Waals surface area contributed by atoms with Crippen molar-refractivity contribution in [3.8, 4) is 11.5 Å². The summed E-state index contributed by atoms with van der Waals surface area (Å²) in [6.45, 7) is 1.02. The molecular formula is C20H20ClNO5. The Kier molecular flexibility index (Phi) is 6.19. The van der Waals surface area contributed by atoms with Crippen LogP contribution in [0.15, 0.2) is 42.5 Å². The number of hydrogen-bond acceptors (Lipinski definition) is 4. The molecule has 0 saturated heterocycles. The second-order valence-corrected chi connectivity index (χ2v) is 6.67. The largest absolute Gasteiger partial charge is 0.494 e. The van der Waals surface area contributed by atoms with Gasteiger partial charge in [-0.3, -0.25) is 4.79 Å². The quantitative estimate of drug-likeness (QED) is 0.781. The lowest BCUT2D eigenvalue weighted by atomic mass is 10.0. The van der Waals surface area contributed by atoms with Gasteiger partial charge >= 0.3 is 5.97 Å². The van der Waals surface area contributed by atoms with Crippen LogP contribution in [0.2, 0.25) is 5.02 Å². The lowest BCUT2D eigenvalue weighted by molar-refractivity contribution is -0.139. The molecule has 4 bridgehead atoms. The molecule has 1 aliphatic heterocycles. The molecule has 6 nitrogen and oxygen atoms in total. The number of ether oxygens (including phenoxy) is 2. The summed E-state index contributed by atoms with van der Waals surface area (Å²) >= 11 is 6.13. The summed E-state index contributed by atoms with van der Waals surface area (Å²) in [5.74, 6) is -0.504. The summed E-state index contributed by atoms with van der Waals surface area (Å²) < 4.78 is 11.4. The highest BCUT2D eigenvalue weighted by atomic mass is 35.5. The molecule has 1 amide bonds. The number of rotatable bonds is 1. The molecule has 1 aliphatic rings. The Morgan fingerprint density at radius 1 is 1.07 bits per heavy atom. The minimum Gasteiger partial charge on any atom is -0.494 e. The topological polar surface area (TPSA) is 84.9 Å². The standard InChI is InChI=1S/C20H20ClNO5/c21-17-7-6-15-12-16(17)19(23)22-18(20(24)25)11-13-4-3-5-14(10-13)26-8-1-2-9-27-15/h3-7,10,12,18H,1-2,8-9,11H2,(H,22,23)(H,24,25)/t18-/m0/s1. The first-order valence-electron chi connectivity index (χ1n) is 8.70. The first kappa shape index (κ1) is 19.0. The van der Waals surface area contributed by atoms with E-state index < -0.39 is 17.9 Å². The zero-order chi connectivity index (χ0) is 19.2. The molecule has 0 radical (unpaired) electrons. The summed E-state index contributed by atoms with van der Waals surface area (Å²) in [6, 6.07) is 10.9. The average Bonchev–Trinajstić information content (AvgIpc) is 2.64. The van der Waals surface area contributed by atoms with E-state index in [1.54, 1.807) is 30.3 Å². The fourth-order valence-electron chi connectivity index (χ4n) is 2.79. The Hall–Kier alpha value is -2.73. The SMILES string of the molecule is O=C1N[C@H](C(=O)O)Cc2cccc(c2)OCCCCOc2ccc(Cl)c1c2. The van der Waals surface area contributed by atoms with E-state index in [4.69, 9.17) is 21.1 Å². The van der Waals surface area contributed by atoms with Gasteiger partial charge in [0.15, 0.2) is 0 Å². The highest BCUT2D eigenvalue weighted by Crippen LogP contribution is 2.23. The molecule has 0 spiro atoms. The summed E-state index contributed by atoms with van der Waals surface area (Å²) in [6.07, 6.45) is 1.74. The first-order chi connectivity index (χ1) is 13.0. The lowest BCUT2D eigenvalue weighted by Gasteiger charge is -2.17. The van der Waals surface area contributed by atoms with E-state index >= 15 is 0 Å². The zero-order valence-electron chi connectivity index (χ0n) is 14.6. The van der Waals surface area contributed by atoms with Gasteiger partial charge in [0.1, 0.15) is 17.5 Å². The van der Waals surface area contributed by atoms with Crippen molar-refractivity contribution < 1.29 is 24.2 Å². The predicted molar refractivity (Wildman–Crippen MR) is 101 cm³/mol. The molecule has 0 aliphatic carbocycles. The maximum absolute atomic E-state index is 12.6. The minimum atomic E-state index is -1.13. The molecule has 2 aromatic rings. The molecule has 0 unspecified atom stereocenters. The minimum absolute atomic E-state index is 0.131. The van der Waals surface area contributed by atoms with Crippen molar-refractivity contribution in [2.75, 3.05) is 13.2 Å². The number of carboxylic acid groups (broad SMARTS) is 1. The number of fused-ring (bicyclic) bond motifs is 4. The van der Waals surface area contributed by atoms with Gasteiger partial charge in [0.25, 0.3) is 5.91 Å². The molecule has 2 aromatic carbocycles. The third-order valence-corrected chi connectivity index (χ3v) is 4.53. The first-order valence-corrected chi connectivity index (χ1v) is 9.08. The van der Waals surface area contributed by atoms with E-state index in [0.29, 0.717) is 24.7 Å². The van der Waals surface area contributed by atoms with Gasteiger partial charge in [0, 0.05) is 6.42 Å². The fourth-order valence-corrected chi connectivity index (χ4v) is 2.99. The Balaban J connectivity index is 1.90. The van der Waals surface area contributed by atoms with E-state index in [9.17, 15) is 14.7 Å². The van der Waals surface area contributed by atoms with Gasteiger partial charge in [0.2, 0.25) is 0 Å². The Labute approximate surface area is 162 Å². The summed E-state index contributed by atoms with van der Waals surface area (Å²) in [7, 11) is 0. The zero-order valence-corrected chi connectivity index (χ0v) is 15.4. The molecule has 0 aromatic heterocycles. The second-order valence-electron chi connectivity index (χ2n) is 6.26. The number of aliphatic carboxylic acids is 1. The van der Waals surface area contributed by atoms with Crippen LogP contribution in [0.1, 0.15) is 28.8 Å².